The molecule has 0 radical (unpaired) electrons. The van der Waals surface area contributed by atoms with Crippen molar-refractivity contribution < 1.29 is 13.9 Å². The van der Waals surface area contributed by atoms with Gasteiger partial charge in [-0.1, -0.05) is 17.7 Å². The third kappa shape index (κ3) is 2.74. The zero-order chi connectivity index (χ0) is 17.6. The third-order valence-corrected chi connectivity index (χ3v) is 4.25. The molecule has 0 saturated carbocycles. The van der Waals surface area contributed by atoms with Gasteiger partial charge >= 0.3 is 0 Å². The Kier molecular flexibility index (Phi) is 3.69. The van der Waals surface area contributed by atoms with Crippen LogP contribution in [0.25, 0.3) is 11.3 Å². The summed E-state index contributed by atoms with van der Waals surface area (Å²) >= 11 is 5.95. The fourth-order valence-corrected chi connectivity index (χ4v) is 3.11. The van der Waals surface area contributed by atoms with Gasteiger partial charge < -0.3 is 10.1 Å². The average molecular weight is 358 g/mol. The number of aromatic nitrogens is 2. The van der Waals surface area contributed by atoms with Gasteiger partial charge in [0.05, 0.1) is 0 Å². The highest BCUT2D eigenvalue weighted by Crippen LogP contribution is 2.38. The number of halogens is 2. The van der Waals surface area contributed by atoms with Crippen LogP contribution in [0.2, 0.25) is 5.02 Å². The fraction of sp³-hybridized carbons (Fsp3) is 0.111. The highest BCUT2D eigenvalue weighted by molar-refractivity contribution is 6.31. The van der Waals surface area contributed by atoms with Crippen molar-refractivity contribution in [3.63, 3.8) is 0 Å². The minimum absolute atomic E-state index is 0.195. The smallest absolute Gasteiger partial charge is 0.274 e. The summed E-state index contributed by atoms with van der Waals surface area (Å²) in [5.41, 5.74) is 2.67. The fourth-order valence-electron chi connectivity index (χ4n) is 2.92. The number of fused-ring (bicyclic) bond motifs is 3. The van der Waals surface area contributed by atoms with Gasteiger partial charge in [-0.2, -0.15) is 5.10 Å². The normalized spacial score (nSPS) is 12.1. The lowest BCUT2D eigenvalue weighted by Gasteiger charge is -2.17. The van der Waals surface area contributed by atoms with Crippen LogP contribution < -0.4 is 10.1 Å². The van der Waals surface area contributed by atoms with Crippen LogP contribution in [-0.2, 0) is 13.7 Å². The summed E-state index contributed by atoms with van der Waals surface area (Å²) in [6.45, 7) is 0.195. The summed E-state index contributed by atoms with van der Waals surface area (Å²) < 4.78 is 20.7. The number of nitrogens with one attached hydrogen (secondary N) is 1. The number of benzene rings is 2. The number of aryl methyl sites for hydroxylation is 1. The molecule has 1 aliphatic rings. The number of amides is 1. The molecule has 1 amide bonds. The van der Waals surface area contributed by atoms with E-state index in [4.69, 9.17) is 16.3 Å². The minimum atomic E-state index is -0.384. The maximum Gasteiger partial charge on any atom is 0.274 e. The highest BCUT2D eigenvalue weighted by atomic mass is 35.5. The molecule has 25 heavy (non-hydrogen) atoms. The van der Waals surface area contributed by atoms with E-state index in [1.165, 1.54) is 16.8 Å². The summed E-state index contributed by atoms with van der Waals surface area (Å²) in [6, 6.07) is 11.1. The van der Waals surface area contributed by atoms with Crippen molar-refractivity contribution in [3.8, 4) is 17.0 Å². The first-order valence-corrected chi connectivity index (χ1v) is 7.96. The standard InChI is InChI=1S/C18H13ClFN3O2/c1-23-17(18(24)21-12-4-2-3-10(19)7-12)14-9-25-15-6-5-11(20)8-13(15)16(14)22-23/h2-8H,9H2,1H3,(H,21,24). The molecule has 0 unspecified atom stereocenters. The van der Waals surface area contributed by atoms with E-state index in [9.17, 15) is 9.18 Å². The zero-order valence-electron chi connectivity index (χ0n) is 13.2. The number of rotatable bonds is 2. The first-order valence-electron chi connectivity index (χ1n) is 7.58. The Morgan fingerprint density at radius 2 is 2.16 bits per heavy atom. The molecule has 0 saturated heterocycles. The van der Waals surface area contributed by atoms with Crippen molar-refractivity contribution in [1.82, 2.24) is 9.78 Å². The van der Waals surface area contributed by atoms with Crippen molar-refractivity contribution in [2.45, 2.75) is 6.61 Å². The SMILES string of the molecule is Cn1nc2c(c1C(=O)Nc1cccc(Cl)c1)COc1ccc(F)cc1-2. The number of carbonyl (C=O) groups excluding carboxylic acids is 1. The number of hydrogen-bond acceptors (Lipinski definition) is 3. The van der Waals surface area contributed by atoms with E-state index in [0.29, 0.717) is 39.0 Å². The highest BCUT2D eigenvalue weighted by Gasteiger charge is 2.28. The Morgan fingerprint density at radius 1 is 1.32 bits per heavy atom. The lowest BCUT2D eigenvalue weighted by atomic mass is 10.0. The summed E-state index contributed by atoms with van der Waals surface area (Å²) in [5, 5.41) is 7.72. The van der Waals surface area contributed by atoms with E-state index in [0.717, 1.165) is 0 Å². The van der Waals surface area contributed by atoms with Gasteiger partial charge in [0.2, 0.25) is 0 Å². The van der Waals surface area contributed by atoms with Gasteiger partial charge in [0.15, 0.2) is 0 Å². The molecule has 1 aromatic heterocycles. The van der Waals surface area contributed by atoms with Gasteiger partial charge in [0.25, 0.3) is 5.91 Å². The Balaban J connectivity index is 1.74. The average Bonchev–Trinajstić information content (AvgIpc) is 2.91. The molecule has 7 heteroatoms. The molecule has 2 aromatic carbocycles. The molecule has 0 atom stereocenters. The van der Waals surface area contributed by atoms with E-state index in [1.54, 1.807) is 37.4 Å². The Morgan fingerprint density at radius 3 is 2.96 bits per heavy atom. The van der Waals surface area contributed by atoms with Gasteiger partial charge in [-0.3, -0.25) is 9.48 Å². The molecular weight excluding hydrogens is 345 g/mol. The largest absolute Gasteiger partial charge is 0.488 e. The van der Waals surface area contributed by atoms with Crippen LogP contribution in [0.4, 0.5) is 10.1 Å². The Hall–Kier alpha value is -2.86. The van der Waals surface area contributed by atoms with Crippen molar-refractivity contribution in [3.05, 3.63) is 64.6 Å². The van der Waals surface area contributed by atoms with E-state index in [-0.39, 0.29) is 18.3 Å². The van der Waals surface area contributed by atoms with Crippen molar-refractivity contribution >= 4 is 23.2 Å². The predicted molar refractivity (Wildman–Crippen MR) is 92.3 cm³/mol. The molecule has 2 heterocycles. The molecule has 126 valence electrons. The molecule has 3 aromatic rings. The van der Waals surface area contributed by atoms with Crippen LogP contribution in [0.5, 0.6) is 5.75 Å². The molecule has 0 fully saturated rings. The summed E-state index contributed by atoms with van der Waals surface area (Å²) in [5.74, 6) is -0.165. The molecule has 1 N–H and O–H groups in total. The van der Waals surface area contributed by atoms with E-state index in [2.05, 4.69) is 10.4 Å². The van der Waals surface area contributed by atoms with Gasteiger partial charge in [-0.15, -0.1) is 0 Å². The second-order valence-corrected chi connectivity index (χ2v) is 6.13. The number of nitrogens with zero attached hydrogens (tertiary/aromatic N) is 2. The maximum absolute atomic E-state index is 13.6. The van der Waals surface area contributed by atoms with Crippen LogP contribution in [0.3, 0.4) is 0 Å². The van der Waals surface area contributed by atoms with Crippen LogP contribution in [0.1, 0.15) is 16.1 Å². The van der Waals surface area contributed by atoms with Crippen LogP contribution >= 0.6 is 11.6 Å². The second kappa shape index (κ2) is 5.89. The summed E-state index contributed by atoms with van der Waals surface area (Å²) in [4.78, 5) is 12.7. The zero-order valence-corrected chi connectivity index (χ0v) is 14.0. The number of ether oxygens (including phenoxy) is 1. The van der Waals surface area contributed by atoms with Gasteiger partial charge in [0, 0.05) is 28.9 Å². The summed E-state index contributed by atoms with van der Waals surface area (Å²) in [6.07, 6.45) is 0. The van der Waals surface area contributed by atoms with Crippen molar-refractivity contribution in [1.29, 1.82) is 0 Å². The molecule has 0 spiro atoms. The van der Waals surface area contributed by atoms with Crippen molar-refractivity contribution in [2.75, 3.05) is 5.32 Å². The molecular formula is C18H13ClFN3O2. The number of anilines is 1. The van der Waals surface area contributed by atoms with Gasteiger partial charge in [-0.05, 0) is 36.4 Å². The first-order chi connectivity index (χ1) is 12.0. The topological polar surface area (TPSA) is 56.2 Å². The van der Waals surface area contributed by atoms with E-state index >= 15 is 0 Å². The maximum atomic E-state index is 13.6. The minimum Gasteiger partial charge on any atom is -0.488 e. The monoisotopic (exact) mass is 357 g/mol. The molecule has 0 aliphatic carbocycles. The quantitative estimate of drug-likeness (QED) is 0.753. The third-order valence-electron chi connectivity index (χ3n) is 4.01. The van der Waals surface area contributed by atoms with E-state index < -0.39 is 0 Å². The van der Waals surface area contributed by atoms with Gasteiger partial charge in [0.1, 0.15) is 29.6 Å². The van der Waals surface area contributed by atoms with Crippen LogP contribution in [0.15, 0.2) is 42.5 Å². The lowest BCUT2D eigenvalue weighted by molar-refractivity contribution is 0.101. The molecule has 1 aliphatic heterocycles. The first kappa shape index (κ1) is 15.7. The predicted octanol–water partition coefficient (Wildman–Crippen LogP) is 4.02. The number of carbonyl (C=O) groups is 1. The lowest BCUT2D eigenvalue weighted by Crippen LogP contribution is -2.19. The molecule has 4 rings (SSSR count). The second-order valence-electron chi connectivity index (χ2n) is 5.69. The van der Waals surface area contributed by atoms with Crippen LogP contribution in [0, 0.1) is 5.82 Å². The van der Waals surface area contributed by atoms with Crippen LogP contribution in [-0.4, -0.2) is 15.7 Å². The summed E-state index contributed by atoms with van der Waals surface area (Å²) in [7, 11) is 1.67. The molecule has 5 nitrogen and oxygen atoms in total. The van der Waals surface area contributed by atoms with Crippen molar-refractivity contribution in [2.24, 2.45) is 7.05 Å². The Bertz CT molecular complexity index is 1000. The number of hydrogen-bond donors (Lipinski definition) is 1. The Labute approximate surface area is 148 Å². The van der Waals surface area contributed by atoms with Gasteiger partial charge in [-0.25, -0.2) is 4.39 Å². The van der Waals surface area contributed by atoms with E-state index in [1.807, 2.05) is 0 Å². The molecule has 0 bridgehead atoms.